The Bertz CT molecular complexity index is 775. The number of hydrogen-bond acceptors (Lipinski definition) is 2. The molecule has 20 heavy (non-hydrogen) atoms. The third-order valence-electron chi connectivity index (χ3n) is 3.24. The molecule has 0 atom stereocenters. The number of ketones is 1. The topological polar surface area (TPSA) is 34.9 Å². The van der Waals surface area contributed by atoms with Gasteiger partial charge < -0.3 is 0 Å². The van der Waals surface area contributed by atoms with Crippen molar-refractivity contribution in [2.75, 3.05) is 0 Å². The lowest BCUT2D eigenvalue weighted by Crippen LogP contribution is -2.03. The molecular formula is C16H13ClN2O. The van der Waals surface area contributed by atoms with Crippen LogP contribution in [0.3, 0.4) is 0 Å². The lowest BCUT2D eigenvalue weighted by Gasteiger charge is -2.03. The monoisotopic (exact) mass is 284 g/mol. The molecule has 0 radical (unpaired) electrons. The second kappa shape index (κ2) is 5.10. The van der Waals surface area contributed by atoms with Crippen LogP contribution in [0.5, 0.6) is 0 Å². The summed E-state index contributed by atoms with van der Waals surface area (Å²) in [6, 6.07) is 15.4. The molecule has 0 unspecified atom stereocenters. The van der Waals surface area contributed by atoms with Gasteiger partial charge in [-0.25, -0.2) is 0 Å². The fourth-order valence-electron chi connectivity index (χ4n) is 2.27. The molecule has 0 N–H and O–H groups in total. The van der Waals surface area contributed by atoms with Gasteiger partial charge in [0.2, 0.25) is 0 Å². The normalized spacial score (nSPS) is 10.9. The highest BCUT2D eigenvalue weighted by molar-refractivity contribution is 6.30. The van der Waals surface area contributed by atoms with E-state index >= 15 is 0 Å². The van der Waals surface area contributed by atoms with Crippen molar-refractivity contribution >= 4 is 28.3 Å². The molecule has 3 nitrogen and oxygen atoms in total. The number of carbonyl (C=O) groups is 1. The molecule has 0 saturated carbocycles. The highest BCUT2D eigenvalue weighted by Crippen LogP contribution is 2.20. The summed E-state index contributed by atoms with van der Waals surface area (Å²) in [6.45, 7) is 2.16. The lowest BCUT2D eigenvalue weighted by molar-refractivity contribution is 0.101. The van der Waals surface area contributed by atoms with Crippen LogP contribution in [0.15, 0.2) is 48.5 Å². The molecule has 0 aliphatic heterocycles. The molecule has 0 saturated heterocycles. The van der Waals surface area contributed by atoms with E-state index in [1.54, 1.807) is 6.92 Å². The average molecular weight is 285 g/mol. The van der Waals surface area contributed by atoms with Crippen LogP contribution in [-0.2, 0) is 6.54 Å². The zero-order valence-corrected chi connectivity index (χ0v) is 11.8. The van der Waals surface area contributed by atoms with Crippen molar-refractivity contribution in [3.63, 3.8) is 0 Å². The average Bonchev–Trinajstić information content (AvgIpc) is 2.81. The van der Waals surface area contributed by atoms with Gasteiger partial charge in [0.15, 0.2) is 5.78 Å². The lowest BCUT2D eigenvalue weighted by atomic mass is 10.1. The molecule has 0 amide bonds. The van der Waals surface area contributed by atoms with Crippen molar-refractivity contribution in [2.45, 2.75) is 13.5 Å². The number of fused-ring (bicyclic) bond motifs is 1. The van der Waals surface area contributed by atoms with Crippen molar-refractivity contribution in [3.05, 3.63) is 64.8 Å². The summed E-state index contributed by atoms with van der Waals surface area (Å²) in [7, 11) is 0. The summed E-state index contributed by atoms with van der Waals surface area (Å²) >= 11 is 5.89. The number of aromatic nitrogens is 2. The highest BCUT2D eigenvalue weighted by atomic mass is 35.5. The van der Waals surface area contributed by atoms with Gasteiger partial charge in [0.1, 0.15) is 5.69 Å². The number of Topliss-reactive ketones (excluding diaryl/α,β-unsaturated/α-hetero) is 1. The van der Waals surface area contributed by atoms with Gasteiger partial charge in [-0.1, -0.05) is 41.9 Å². The van der Waals surface area contributed by atoms with E-state index in [0.717, 1.165) is 16.5 Å². The van der Waals surface area contributed by atoms with E-state index in [9.17, 15) is 4.79 Å². The molecule has 0 aliphatic rings. The second-order valence-corrected chi connectivity index (χ2v) is 5.14. The van der Waals surface area contributed by atoms with Gasteiger partial charge in [0, 0.05) is 17.3 Å². The number of para-hydroxylation sites is 1. The number of rotatable bonds is 3. The van der Waals surface area contributed by atoms with E-state index in [0.29, 0.717) is 17.3 Å². The van der Waals surface area contributed by atoms with Crippen molar-refractivity contribution in [2.24, 2.45) is 0 Å². The maximum absolute atomic E-state index is 11.7. The van der Waals surface area contributed by atoms with E-state index in [4.69, 9.17) is 11.6 Å². The number of hydrogen-bond donors (Lipinski definition) is 0. The van der Waals surface area contributed by atoms with Gasteiger partial charge in [-0.3, -0.25) is 9.48 Å². The number of benzene rings is 2. The van der Waals surface area contributed by atoms with Crippen LogP contribution in [0.25, 0.3) is 10.9 Å². The molecule has 3 rings (SSSR count). The van der Waals surface area contributed by atoms with Crippen LogP contribution in [0, 0.1) is 0 Å². The van der Waals surface area contributed by atoms with Crippen LogP contribution >= 0.6 is 11.6 Å². The van der Waals surface area contributed by atoms with Crippen LogP contribution in [0.1, 0.15) is 23.0 Å². The van der Waals surface area contributed by atoms with E-state index in [2.05, 4.69) is 5.10 Å². The first-order valence-corrected chi connectivity index (χ1v) is 6.74. The first-order valence-electron chi connectivity index (χ1n) is 6.36. The zero-order valence-electron chi connectivity index (χ0n) is 11.0. The maximum atomic E-state index is 11.7. The summed E-state index contributed by atoms with van der Waals surface area (Å²) in [5, 5.41) is 6.05. The molecule has 1 heterocycles. The summed E-state index contributed by atoms with van der Waals surface area (Å²) in [5.74, 6) is -0.0175. The van der Waals surface area contributed by atoms with E-state index in [1.807, 2.05) is 53.2 Å². The molecule has 0 fully saturated rings. The largest absolute Gasteiger partial charge is 0.293 e. The van der Waals surface area contributed by atoms with Crippen LogP contribution in [0.4, 0.5) is 0 Å². The number of halogens is 1. The molecule has 2 aromatic carbocycles. The Morgan fingerprint density at radius 3 is 2.55 bits per heavy atom. The van der Waals surface area contributed by atoms with Gasteiger partial charge >= 0.3 is 0 Å². The predicted molar refractivity (Wildman–Crippen MR) is 80.3 cm³/mol. The molecule has 100 valence electrons. The zero-order chi connectivity index (χ0) is 14.1. The Labute approximate surface area is 121 Å². The molecule has 1 aromatic heterocycles. The summed E-state index contributed by atoms with van der Waals surface area (Å²) < 4.78 is 1.86. The minimum absolute atomic E-state index is 0.0175. The molecule has 3 aromatic rings. The predicted octanol–water partition coefficient (Wildman–Crippen LogP) is 3.94. The molecular weight excluding hydrogens is 272 g/mol. The standard InChI is InChI=1S/C16H13ClN2O/c1-11(20)16-14-4-2-3-5-15(14)19(18-16)10-12-6-8-13(17)9-7-12/h2-9H,10H2,1H3. The van der Waals surface area contributed by atoms with Crippen LogP contribution in [-0.4, -0.2) is 15.6 Å². The van der Waals surface area contributed by atoms with Gasteiger partial charge in [0.05, 0.1) is 12.1 Å². The van der Waals surface area contributed by atoms with E-state index < -0.39 is 0 Å². The van der Waals surface area contributed by atoms with Gasteiger partial charge in [-0.15, -0.1) is 0 Å². The van der Waals surface area contributed by atoms with Gasteiger partial charge in [0.25, 0.3) is 0 Å². The summed E-state index contributed by atoms with van der Waals surface area (Å²) in [5.41, 5.74) is 2.58. The Balaban J connectivity index is 2.07. The minimum atomic E-state index is -0.0175. The fraction of sp³-hybridized carbons (Fsp3) is 0.125. The first-order chi connectivity index (χ1) is 9.65. The van der Waals surface area contributed by atoms with Crippen LogP contribution < -0.4 is 0 Å². The highest BCUT2D eigenvalue weighted by Gasteiger charge is 2.13. The Morgan fingerprint density at radius 1 is 1.15 bits per heavy atom. The third-order valence-corrected chi connectivity index (χ3v) is 3.49. The molecule has 0 bridgehead atoms. The Morgan fingerprint density at radius 2 is 1.85 bits per heavy atom. The van der Waals surface area contributed by atoms with E-state index in [-0.39, 0.29) is 5.78 Å². The van der Waals surface area contributed by atoms with Crippen molar-refractivity contribution < 1.29 is 4.79 Å². The summed E-state index contributed by atoms with van der Waals surface area (Å²) in [4.78, 5) is 11.7. The number of nitrogens with zero attached hydrogens (tertiary/aromatic N) is 2. The van der Waals surface area contributed by atoms with Gasteiger partial charge in [-0.05, 0) is 23.8 Å². The molecule has 0 spiro atoms. The van der Waals surface area contributed by atoms with Crippen LogP contribution in [0.2, 0.25) is 5.02 Å². The Kier molecular flexibility index (Phi) is 3.28. The fourth-order valence-corrected chi connectivity index (χ4v) is 2.40. The molecule has 0 aliphatic carbocycles. The SMILES string of the molecule is CC(=O)c1nn(Cc2ccc(Cl)cc2)c2ccccc12. The summed E-state index contributed by atoms with van der Waals surface area (Å²) in [6.07, 6.45) is 0. The second-order valence-electron chi connectivity index (χ2n) is 4.71. The maximum Gasteiger partial charge on any atom is 0.180 e. The van der Waals surface area contributed by atoms with E-state index in [1.165, 1.54) is 0 Å². The Hall–Kier alpha value is -2.13. The number of carbonyl (C=O) groups excluding carboxylic acids is 1. The van der Waals surface area contributed by atoms with Crippen molar-refractivity contribution in [1.82, 2.24) is 9.78 Å². The van der Waals surface area contributed by atoms with Gasteiger partial charge in [-0.2, -0.15) is 5.10 Å². The van der Waals surface area contributed by atoms with Crippen molar-refractivity contribution in [3.8, 4) is 0 Å². The molecule has 4 heteroatoms. The van der Waals surface area contributed by atoms with Crippen molar-refractivity contribution in [1.29, 1.82) is 0 Å². The minimum Gasteiger partial charge on any atom is -0.293 e. The quantitative estimate of drug-likeness (QED) is 0.683. The third kappa shape index (κ3) is 2.32. The first kappa shape index (κ1) is 12.9. The smallest absolute Gasteiger partial charge is 0.180 e.